The molecule has 0 saturated heterocycles. The number of anilines is 1. The van der Waals surface area contributed by atoms with Gasteiger partial charge in [0.15, 0.2) is 0 Å². The van der Waals surface area contributed by atoms with Gasteiger partial charge >= 0.3 is 0 Å². The van der Waals surface area contributed by atoms with Crippen LogP contribution in [0.25, 0.3) is 0 Å². The standard InChI is InChI=1S/C13H20N2O4/c1-9(16)10-5-6-11(12(7-10)15(18)19)14(4)8-13(2,3)17/h5-7,9,16-17H,8H2,1-4H3/t9-/m0/s1. The molecule has 0 saturated carbocycles. The Balaban J connectivity index is 3.17. The Hall–Kier alpha value is -1.66. The van der Waals surface area contributed by atoms with E-state index in [1.54, 1.807) is 44.9 Å². The molecule has 106 valence electrons. The van der Waals surface area contributed by atoms with Crippen LogP contribution in [0.1, 0.15) is 32.4 Å². The number of hydrogen-bond acceptors (Lipinski definition) is 5. The Labute approximate surface area is 112 Å². The number of nitro groups is 1. The fourth-order valence-electron chi connectivity index (χ4n) is 1.93. The molecule has 0 spiro atoms. The monoisotopic (exact) mass is 268 g/mol. The highest BCUT2D eigenvalue weighted by molar-refractivity contribution is 5.64. The molecule has 0 aliphatic rings. The van der Waals surface area contributed by atoms with Crippen molar-refractivity contribution in [2.24, 2.45) is 0 Å². The van der Waals surface area contributed by atoms with E-state index in [0.29, 0.717) is 11.3 Å². The van der Waals surface area contributed by atoms with E-state index >= 15 is 0 Å². The van der Waals surface area contributed by atoms with E-state index in [2.05, 4.69) is 0 Å². The molecular weight excluding hydrogens is 248 g/mol. The molecule has 19 heavy (non-hydrogen) atoms. The first kappa shape index (κ1) is 15.4. The highest BCUT2D eigenvalue weighted by Crippen LogP contribution is 2.31. The Morgan fingerprint density at radius 2 is 2.05 bits per heavy atom. The summed E-state index contributed by atoms with van der Waals surface area (Å²) in [7, 11) is 1.68. The van der Waals surface area contributed by atoms with Crippen LogP contribution < -0.4 is 4.90 Å². The van der Waals surface area contributed by atoms with Crippen LogP contribution in [0.2, 0.25) is 0 Å². The third-order valence-electron chi connectivity index (χ3n) is 2.71. The summed E-state index contributed by atoms with van der Waals surface area (Å²) in [5.41, 5.74) is -0.125. The topological polar surface area (TPSA) is 86.8 Å². The SMILES string of the molecule is C[C@H](O)c1ccc(N(C)CC(C)(C)O)c([N+](=O)[O-])c1. The minimum atomic E-state index is -0.953. The van der Waals surface area contributed by atoms with Crippen molar-refractivity contribution in [2.45, 2.75) is 32.5 Å². The zero-order chi connectivity index (χ0) is 14.8. The van der Waals surface area contributed by atoms with Gasteiger partial charge in [0.2, 0.25) is 0 Å². The van der Waals surface area contributed by atoms with Crippen LogP contribution in [0.15, 0.2) is 18.2 Å². The number of rotatable bonds is 5. The fourth-order valence-corrected chi connectivity index (χ4v) is 1.93. The molecule has 1 atom stereocenters. The second kappa shape index (κ2) is 5.54. The largest absolute Gasteiger partial charge is 0.389 e. The number of aliphatic hydroxyl groups excluding tert-OH is 1. The number of hydrogen-bond donors (Lipinski definition) is 2. The van der Waals surface area contributed by atoms with Gasteiger partial charge in [0.05, 0.1) is 16.6 Å². The normalized spacial score (nSPS) is 13.2. The van der Waals surface area contributed by atoms with E-state index in [0.717, 1.165) is 0 Å². The van der Waals surface area contributed by atoms with Crippen LogP contribution in [0.4, 0.5) is 11.4 Å². The summed E-state index contributed by atoms with van der Waals surface area (Å²) in [6.07, 6.45) is -0.757. The van der Waals surface area contributed by atoms with Crippen molar-refractivity contribution in [1.29, 1.82) is 0 Å². The van der Waals surface area contributed by atoms with Crippen LogP contribution in [0.5, 0.6) is 0 Å². The van der Waals surface area contributed by atoms with Crippen LogP contribution in [0.3, 0.4) is 0 Å². The summed E-state index contributed by atoms with van der Waals surface area (Å²) < 4.78 is 0. The van der Waals surface area contributed by atoms with Gasteiger partial charge in [-0.3, -0.25) is 10.1 Å². The zero-order valence-corrected chi connectivity index (χ0v) is 11.6. The maximum atomic E-state index is 11.1. The summed E-state index contributed by atoms with van der Waals surface area (Å²) in [6, 6.07) is 4.60. The molecule has 0 bridgehead atoms. The van der Waals surface area contributed by atoms with Crippen molar-refractivity contribution >= 4 is 11.4 Å². The first-order chi connectivity index (χ1) is 8.61. The van der Waals surface area contributed by atoms with E-state index < -0.39 is 16.6 Å². The molecule has 1 aromatic carbocycles. The number of benzene rings is 1. The average Bonchev–Trinajstić information content (AvgIpc) is 2.25. The maximum absolute atomic E-state index is 11.1. The van der Waals surface area contributed by atoms with Crippen molar-refractivity contribution in [3.8, 4) is 0 Å². The molecule has 1 rings (SSSR count). The molecule has 0 heterocycles. The summed E-state index contributed by atoms with van der Waals surface area (Å²) >= 11 is 0. The quantitative estimate of drug-likeness (QED) is 0.628. The molecule has 0 aliphatic heterocycles. The third-order valence-corrected chi connectivity index (χ3v) is 2.71. The van der Waals surface area contributed by atoms with Gasteiger partial charge in [-0.25, -0.2) is 0 Å². The lowest BCUT2D eigenvalue weighted by Gasteiger charge is -2.27. The van der Waals surface area contributed by atoms with E-state index in [9.17, 15) is 20.3 Å². The van der Waals surface area contributed by atoms with Crippen LogP contribution in [-0.4, -0.2) is 34.3 Å². The second-order valence-corrected chi connectivity index (χ2v) is 5.35. The van der Waals surface area contributed by atoms with E-state index in [1.807, 2.05) is 0 Å². The minimum absolute atomic E-state index is 0.0786. The van der Waals surface area contributed by atoms with E-state index in [-0.39, 0.29) is 12.2 Å². The molecule has 2 N–H and O–H groups in total. The van der Waals surface area contributed by atoms with Crippen molar-refractivity contribution in [2.75, 3.05) is 18.5 Å². The molecule has 6 nitrogen and oxygen atoms in total. The lowest BCUT2D eigenvalue weighted by atomic mass is 10.1. The molecule has 6 heteroatoms. The number of nitrogens with zero attached hydrogens (tertiary/aromatic N) is 2. The minimum Gasteiger partial charge on any atom is -0.389 e. The zero-order valence-electron chi connectivity index (χ0n) is 11.6. The predicted molar refractivity (Wildman–Crippen MR) is 73.3 cm³/mol. The summed E-state index contributed by atoms with van der Waals surface area (Å²) in [4.78, 5) is 12.2. The molecule has 0 aromatic heterocycles. The van der Waals surface area contributed by atoms with E-state index in [4.69, 9.17) is 0 Å². The Kier molecular flexibility index (Phi) is 4.49. The molecule has 0 aliphatic carbocycles. The molecule has 1 aromatic rings. The van der Waals surface area contributed by atoms with Crippen LogP contribution in [0, 0.1) is 10.1 Å². The van der Waals surface area contributed by atoms with Crippen molar-refractivity contribution in [3.63, 3.8) is 0 Å². The lowest BCUT2D eigenvalue weighted by molar-refractivity contribution is -0.384. The van der Waals surface area contributed by atoms with Crippen LogP contribution in [-0.2, 0) is 0 Å². The Morgan fingerprint density at radius 3 is 2.47 bits per heavy atom. The van der Waals surface area contributed by atoms with Gasteiger partial charge in [-0.15, -0.1) is 0 Å². The molecule has 0 unspecified atom stereocenters. The molecular formula is C13H20N2O4. The number of likely N-dealkylation sites (N-methyl/N-ethyl adjacent to an activating group) is 1. The van der Waals surface area contributed by atoms with Crippen LogP contribution >= 0.6 is 0 Å². The fraction of sp³-hybridized carbons (Fsp3) is 0.538. The first-order valence-corrected chi connectivity index (χ1v) is 6.02. The van der Waals surface area contributed by atoms with Gasteiger partial charge < -0.3 is 15.1 Å². The summed E-state index contributed by atoms with van der Waals surface area (Å²) in [5.74, 6) is 0. The highest BCUT2D eigenvalue weighted by atomic mass is 16.6. The summed E-state index contributed by atoms with van der Waals surface area (Å²) in [5, 5.41) is 30.3. The van der Waals surface area contributed by atoms with Crippen molar-refractivity contribution in [1.82, 2.24) is 0 Å². The van der Waals surface area contributed by atoms with E-state index in [1.165, 1.54) is 6.07 Å². The molecule has 0 amide bonds. The maximum Gasteiger partial charge on any atom is 0.292 e. The molecule has 0 fully saturated rings. The van der Waals surface area contributed by atoms with Gasteiger partial charge in [0.1, 0.15) is 5.69 Å². The van der Waals surface area contributed by atoms with Crippen molar-refractivity contribution in [3.05, 3.63) is 33.9 Å². The van der Waals surface area contributed by atoms with Gasteiger partial charge in [-0.05, 0) is 32.4 Å². The number of nitro benzene ring substituents is 1. The van der Waals surface area contributed by atoms with Gasteiger partial charge in [0.25, 0.3) is 5.69 Å². The second-order valence-electron chi connectivity index (χ2n) is 5.35. The molecule has 0 radical (unpaired) electrons. The average molecular weight is 268 g/mol. The van der Waals surface area contributed by atoms with Gasteiger partial charge in [0, 0.05) is 19.7 Å². The van der Waals surface area contributed by atoms with Gasteiger partial charge in [-0.1, -0.05) is 6.07 Å². The smallest absolute Gasteiger partial charge is 0.292 e. The lowest BCUT2D eigenvalue weighted by Crippen LogP contribution is -2.36. The Morgan fingerprint density at radius 1 is 1.47 bits per heavy atom. The number of aliphatic hydroxyl groups is 2. The highest BCUT2D eigenvalue weighted by Gasteiger charge is 2.23. The summed E-state index contributed by atoms with van der Waals surface area (Å²) in [6.45, 7) is 5.10. The predicted octanol–water partition coefficient (Wildman–Crippen LogP) is 1.86. The van der Waals surface area contributed by atoms with Gasteiger partial charge in [-0.2, -0.15) is 0 Å². The van der Waals surface area contributed by atoms with Crippen molar-refractivity contribution < 1.29 is 15.1 Å². The first-order valence-electron chi connectivity index (χ1n) is 6.02. The Bertz CT molecular complexity index is 466. The third kappa shape index (κ3) is 4.18.